The van der Waals surface area contributed by atoms with Crippen LogP contribution in [0.3, 0.4) is 0 Å². The maximum Gasteiger partial charge on any atom is 0.211 e. The van der Waals surface area contributed by atoms with Crippen molar-refractivity contribution in [2.75, 3.05) is 31.1 Å². The van der Waals surface area contributed by atoms with Crippen LogP contribution in [0.4, 0.5) is 5.69 Å². The highest BCUT2D eigenvalue weighted by Gasteiger charge is 2.47. The van der Waals surface area contributed by atoms with E-state index in [9.17, 15) is 0 Å². The molecule has 0 spiro atoms. The number of hydrogen-bond donors (Lipinski definition) is 0. The van der Waals surface area contributed by atoms with Gasteiger partial charge in [0.1, 0.15) is 24.6 Å². The first-order chi connectivity index (χ1) is 18.9. The third-order valence-corrected chi connectivity index (χ3v) is 11.7. The molecule has 5 aliphatic rings. The lowest BCUT2D eigenvalue weighted by Gasteiger charge is -2.49. The number of anilines is 1. The Bertz CT molecular complexity index is 1540. The number of hydrogen-bond acceptors (Lipinski definition) is 2. The third-order valence-electron chi connectivity index (χ3n) is 11.7. The summed E-state index contributed by atoms with van der Waals surface area (Å²) in [6, 6.07) is 5.07. The van der Waals surface area contributed by atoms with Gasteiger partial charge in [-0.05, 0) is 53.9 Å². The van der Waals surface area contributed by atoms with E-state index in [-0.39, 0.29) is 21.7 Å². The predicted molar refractivity (Wildman–Crippen MR) is 168 cm³/mol. The van der Waals surface area contributed by atoms with Crippen molar-refractivity contribution in [3.8, 4) is 11.5 Å². The molecular formula is C37H51N2O+. The Kier molecular flexibility index (Phi) is 5.73. The second kappa shape index (κ2) is 8.62. The van der Waals surface area contributed by atoms with E-state index in [1.54, 1.807) is 5.56 Å². The number of nitrogens with zero attached hydrogens (tertiary/aromatic N) is 2. The minimum absolute atomic E-state index is 0.0912. The van der Waals surface area contributed by atoms with Crippen molar-refractivity contribution in [2.24, 2.45) is 0 Å². The summed E-state index contributed by atoms with van der Waals surface area (Å²) >= 11 is 0. The Hall–Kier alpha value is -2.29. The molecule has 0 bridgehead atoms. The van der Waals surface area contributed by atoms with Crippen LogP contribution in [0.1, 0.15) is 135 Å². The second-order valence-corrected chi connectivity index (χ2v) is 16.0. The molecule has 0 saturated heterocycles. The van der Waals surface area contributed by atoms with E-state index in [1.165, 1.54) is 96.4 Å². The molecular weight excluding hydrogens is 488 g/mol. The fraction of sp³-hybridized carbons (Fsp3) is 0.649. The van der Waals surface area contributed by atoms with E-state index in [2.05, 4.69) is 83.1 Å². The van der Waals surface area contributed by atoms with Gasteiger partial charge in [-0.2, -0.15) is 0 Å². The molecule has 7 rings (SSSR count). The Morgan fingerprint density at radius 3 is 2.23 bits per heavy atom. The Labute approximate surface area is 242 Å². The van der Waals surface area contributed by atoms with Crippen molar-refractivity contribution in [2.45, 2.75) is 128 Å². The van der Waals surface area contributed by atoms with Crippen LogP contribution in [0, 0.1) is 0 Å². The first-order valence-electron chi connectivity index (χ1n) is 16.3. The van der Waals surface area contributed by atoms with E-state index >= 15 is 0 Å². The van der Waals surface area contributed by atoms with Gasteiger partial charge in [0, 0.05) is 64.4 Å². The zero-order valence-electron chi connectivity index (χ0n) is 26.5. The van der Waals surface area contributed by atoms with Gasteiger partial charge in [0.05, 0.1) is 5.56 Å². The molecule has 0 aromatic heterocycles. The SMILES string of the molecule is CCCCCC1(C)CC[N+]2=c3c1cc1c(c3C(C)(C)CC2)Oc2c(cc3c4c2C(C)(C)CCN4CCC3(C)C)C=1. The van der Waals surface area contributed by atoms with Gasteiger partial charge in [-0.3, -0.25) is 0 Å². The average molecular weight is 540 g/mol. The van der Waals surface area contributed by atoms with Crippen LogP contribution in [-0.2, 0) is 21.7 Å². The van der Waals surface area contributed by atoms with E-state index in [1.807, 2.05) is 0 Å². The molecule has 1 unspecified atom stereocenters. The highest BCUT2D eigenvalue weighted by atomic mass is 16.5. The fourth-order valence-electron chi connectivity index (χ4n) is 8.78. The minimum Gasteiger partial charge on any atom is -0.455 e. The zero-order valence-corrected chi connectivity index (χ0v) is 26.5. The summed E-state index contributed by atoms with van der Waals surface area (Å²) in [7, 11) is 0. The number of benzene rings is 2. The smallest absolute Gasteiger partial charge is 0.211 e. The first kappa shape index (κ1) is 26.6. The van der Waals surface area contributed by atoms with Crippen molar-refractivity contribution in [1.29, 1.82) is 0 Å². The van der Waals surface area contributed by atoms with Crippen molar-refractivity contribution >= 4 is 11.8 Å². The number of fused-ring (bicyclic) bond motifs is 4. The lowest BCUT2D eigenvalue weighted by atomic mass is 9.67. The van der Waals surface area contributed by atoms with Crippen molar-refractivity contribution < 1.29 is 4.74 Å². The van der Waals surface area contributed by atoms with E-state index < -0.39 is 0 Å². The van der Waals surface area contributed by atoms with E-state index in [0.717, 1.165) is 31.1 Å². The minimum atomic E-state index is 0.0912. The van der Waals surface area contributed by atoms with Crippen LogP contribution < -0.4 is 24.8 Å². The van der Waals surface area contributed by atoms with Crippen molar-refractivity contribution in [3.63, 3.8) is 0 Å². The normalized spacial score (nSPS) is 26.1. The molecule has 0 aliphatic carbocycles. The van der Waals surface area contributed by atoms with Crippen molar-refractivity contribution in [3.05, 3.63) is 50.5 Å². The second-order valence-electron chi connectivity index (χ2n) is 16.0. The molecule has 5 heterocycles. The molecule has 2 aromatic carbocycles. The number of rotatable bonds is 4. The summed E-state index contributed by atoms with van der Waals surface area (Å²) in [4.78, 5) is 2.67. The van der Waals surface area contributed by atoms with Crippen molar-refractivity contribution in [1.82, 2.24) is 4.58 Å². The molecule has 3 heteroatoms. The molecule has 40 heavy (non-hydrogen) atoms. The highest BCUT2D eigenvalue weighted by molar-refractivity contribution is 5.79. The summed E-state index contributed by atoms with van der Waals surface area (Å²) in [6.45, 7) is 24.2. The van der Waals surface area contributed by atoms with Gasteiger partial charge in [-0.25, -0.2) is 4.58 Å². The van der Waals surface area contributed by atoms with Gasteiger partial charge < -0.3 is 9.64 Å². The van der Waals surface area contributed by atoms with Crippen LogP contribution in [0.25, 0.3) is 6.08 Å². The van der Waals surface area contributed by atoms with Gasteiger partial charge in [-0.15, -0.1) is 0 Å². The largest absolute Gasteiger partial charge is 0.455 e. The Balaban J connectivity index is 1.53. The average Bonchev–Trinajstić information content (AvgIpc) is 2.89. The van der Waals surface area contributed by atoms with E-state index in [0.29, 0.717) is 0 Å². The Morgan fingerprint density at radius 2 is 1.48 bits per heavy atom. The monoisotopic (exact) mass is 539 g/mol. The predicted octanol–water partition coefficient (Wildman–Crippen LogP) is 7.20. The molecule has 2 aromatic rings. The number of unbranched alkanes of at least 4 members (excludes halogenated alkanes) is 2. The van der Waals surface area contributed by atoms with Gasteiger partial charge >= 0.3 is 0 Å². The quantitative estimate of drug-likeness (QED) is 0.257. The first-order valence-corrected chi connectivity index (χ1v) is 16.3. The third kappa shape index (κ3) is 3.71. The molecule has 0 saturated carbocycles. The maximum absolute atomic E-state index is 7.34. The van der Waals surface area contributed by atoms with E-state index in [4.69, 9.17) is 4.74 Å². The Morgan fingerprint density at radius 1 is 0.775 bits per heavy atom. The molecule has 0 radical (unpaired) electrons. The summed E-state index contributed by atoms with van der Waals surface area (Å²) in [6.07, 6.45) is 12.6. The maximum atomic E-state index is 7.34. The molecule has 1 atom stereocenters. The van der Waals surface area contributed by atoms with Crippen LogP contribution in [-0.4, -0.2) is 26.2 Å². The van der Waals surface area contributed by atoms with Gasteiger partial charge in [0.2, 0.25) is 5.36 Å². The topological polar surface area (TPSA) is 15.5 Å². The summed E-state index contributed by atoms with van der Waals surface area (Å²) < 4.78 is 10.0. The fourth-order valence-corrected chi connectivity index (χ4v) is 8.78. The summed E-state index contributed by atoms with van der Waals surface area (Å²) in [5.74, 6) is 2.29. The molecule has 3 nitrogen and oxygen atoms in total. The molecule has 0 amide bonds. The molecule has 0 N–H and O–H groups in total. The molecule has 5 aliphatic heterocycles. The molecule has 214 valence electrons. The highest BCUT2D eigenvalue weighted by Crippen LogP contribution is 2.55. The van der Waals surface area contributed by atoms with Gasteiger partial charge in [-0.1, -0.05) is 74.7 Å². The van der Waals surface area contributed by atoms with Gasteiger partial charge in [0.15, 0.2) is 0 Å². The summed E-state index contributed by atoms with van der Waals surface area (Å²) in [5.41, 5.74) is 9.43. The molecule has 0 fully saturated rings. The summed E-state index contributed by atoms with van der Waals surface area (Å²) in [5, 5.41) is 2.83. The van der Waals surface area contributed by atoms with Gasteiger partial charge in [0.25, 0.3) is 0 Å². The number of ether oxygens (including phenoxy) is 1. The zero-order chi connectivity index (χ0) is 28.2. The van der Waals surface area contributed by atoms with Crippen LogP contribution in [0.15, 0.2) is 12.1 Å². The van der Waals surface area contributed by atoms with Crippen LogP contribution in [0.5, 0.6) is 11.5 Å². The lowest BCUT2D eigenvalue weighted by molar-refractivity contribution is 0.292. The van der Waals surface area contributed by atoms with Crippen LogP contribution in [0.2, 0.25) is 0 Å². The van der Waals surface area contributed by atoms with Crippen LogP contribution >= 0.6 is 0 Å². The standard InChI is InChI=1S/C37H51N2O/c1-9-10-11-12-37(8)16-20-39-19-15-36(6,7)29-31(39)27(37)23-25-21-24-22-26-30-28(32(24)40-33(25)29)35(4,5)14-18-38(30)17-13-34(26,2)3/h21-23H,9-20H2,1-8H3/q+1. The lowest BCUT2D eigenvalue weighted by Crippen LogP contribution is -2.54.